The molecule has 1 saturated heterocycles. The van der Waals surface area contributed by atoms with Crippen LogP contribution in [0.15, 0.2) is 36.5 Å². The summed E-state index contributed by atoms with van der Waals surface area (Å²) in [5, 5.41) is 0.634. The number of rotatable bonds is 5. The number of para-hydroxylation sites is 1. The molecule has 1 amide bonds. The van der Waals surface area contributed by atoms with Gasteiger partial charge in [-0.05, 0) is 38.0 Å². The lowest BCUT2D eigenvalue weighted by Gasteiger charge is -2.35. The summed E-state index contributed by atoms with van der Waals surface area (Å²) < 4.78 is 11.5. The molecule has 154 valence electrons. The van der Waals surface area contributed by atoms with E-state index in [-0.39, 0.29) is 11.8 Å². The number of carbonyl (C=O) groups excluding carboxylic acids is 1. The molecule has 3 heterocycles. The highest BCUT2D eigenvalue weighted by Crippen LogP contribution is 2.34. The minimum absolute atomic E-state index is 0.0372. The second-order valence-corrected chi connectivity index (χ2v) is 7.83. The molecular formula is C22H26ClN3O3. The van der Waals surface area contributed by atoms with Crippen molar-refractivity contribution < 1.29 is 14.3 Å². The van der Waals surface area contributed by atoms with Crippen molar-refractivity contribution in [3.63, 3.8) is 0 Å². The van der Waals surface area contributed by atoms with E-state index >= 15 is 0 Å². The Morgan fingerprint density at radius 3 is 2.72 bits per heavy atom. The number of fused-ring (bicyclic) bond motifs is 1. The maximum Gasteiger partial charge on any atom is 0.226 e. The molecule has 29 heavy (non-hydrogen) atoms. The van der Waals surface area contributed by atoms with Crippen molar-refractivity contribution in [2.45, 2.75) is 26.3 Å². The van der Waals surface area contributed by atoms with E-state index in [0.29, 0.717) is 31.3 Å². The third-order valence-electron chi connectivity index (χ3n) is 5.58. The minimum Gasteiger partial charge on any atom is -0.486 e. The molecule has 2 aromatic rings. The molecule has 7 heteroatoms. The molecule has 0 radical (unpaired) electrons. The van der Waals surface area contributed by atoms with Gasteiger partial charge in [0.25, 0.3) is 0 Å². The van der Waals surface area contributed by atoms with Crippen LogP contribution in [0, 0.1) is 5.92 Å². The number of piperidine rings is 1. The van der Waals surface area contributed by atoms with Crippen molar-refractivity contribution in [3.05, 3.63) is 47.1 Å². The normalized spacial score (nSPS) is 16.6. The van der Waals surface area contributed by atoms with E-state index in [1.54, 1.807) is 6.20 Å². The van der Waals surface area contributed by atoms with Gasteiger partial charge in [0.2, 0.25) is 5.91 Å². The number of aromatic nitrogens is 1. The number of hydrogen-bond donors (Lipinski definition) is 0. The van der Waals surface area contributed by atoms with Crippen molar-refractivity contribution in [2.24, 2.45) is 5.92 Å². The Morgan fingerprint density at radius 2 is 2.00 bits per heavy atom. The molecule has 1 fully saturated rings. The van der Waals surface area contributed by atoms with Crippen LogP contribution in [0.3, 0.4) is 0 Å². The zero-order valence-electron chi connectivity index (χ0n) is 16.6. The van der Waals surface area contributed by atoms with Crippen molar-refractivity contribution in [1.82, 2.24) is 9.88 Å². The standard InChI is InChI=1S/C22H26ClN3O3/c1-2-25(15-17-4-3-5-19-21(17)29-13-12-28-19)22(27)16-8-10-26(11-9-16)20-7-6-18(23)14-24-20/h3-7,14,16H,2,8-13,15H2,1H3. The topological polar surface area (TPSA) is 54.9 Å². The average molecular weight is 416 g/mol. The Bertz CT molecular complexity index is 851. The smallest absolute Gasteiger partial charge is 0.226 e. The van der Waals surface area contributed by atoms with Crippen LogP contribution in [0.2, 0.25) is 5.02 Å². The SMILES string of the molecule is CCN(Cc1cccc2c1OCCO2)C(=O)C1CCN(c2ccc(Cl)cn2)CC1. The zero-order valence-corrected chi connectivity index (χ0v) is 17.4. The lowest BCUT2D eigenvalue weighted by molar-refractivity contribution is -0.136. The summed E-state index contributed by atoms with van der Waals surface area (Å²) in [6.07, 6.45) is 3.32. The van der Waals surface area contributed by atoms with Gasteiger partial charge in [0.1, 0.15) is 19.0 Å². The first-order valence-corrected chi connectivity index (χ1v) is 10.6. The number of ether oxygens (including phenoxy) is 2. The fraction of sp³-hybridized carbons (Fsp3) is 0.455. The fourth-order valence-electron chi connectivity index (χ4n) is 3.98. The summed E-state index contributed by atoms with van der Waals surface area (Å²) >= 11 is 5.93. The van der Waals surface area contributed by atoms with E-state index in [4.69, 9.17) is 21.1 Å². The van der Waals surface area contributed by atoms with E-state index in [0.717, 1.165) is 48.8 Å². The van der Waals surface area contributed by atoms with Crippen molar-refractivity contribution in [1.29, 1.82) is 0 Å². The van der Waals surface area contributed by atoms with Gasteiger partial charge >= 0.3 is 0 Å². The van der Waals surface area contributed by atoms with Crippen molar-refractivity contribution >= 4 is 23.3 Å². The van der Waals surface area contributed by atoms with Crippen LogP contribution in [-0.4, -0.2) is 48.6 Å². The fourth-order valence-corrected chi connectivity index (χ4v) is 4.09. The van der Waals surface area contributed by atoms with Gasteiger partial charge in [-0.15, -0.1) is 0 Å². The maximum absolute atomic E-state index is 13.2. The molecule has 0 unspecified atom stereocenters. The van der Waals surface area contributed by atoms with Gasteiger partial charge in [0.15, 0.2) is 11.5 Å². The Hall–Kier alpha value is -2.47. The molecular weight excluding hydrogens is 390 g/mol. The van der Waals surface area contributed by atoms with Crippen LogP contribution in [0.25, 0.3) is 0 Å². The highest BCUT2D eigenvalue weighted by molar-refractivity contribution is 6.30. The van der Waals surface area contributed by atoms with Gasteiger partial charge in [0.05, 0.1) is 5.02 Å². The summed E-state index contributed by atoms with van der Waals surface area (Å²) in [6.45, 7) is 5.98. The third kappa shape index (κ3) is 4.42. The number of benzene rings is 1. The van der Waals surface area contributed by atoms with E-state index in [9.17, 15) is 4.79 Å². The van der Waals surface area contributed by atoms with Crippen LogP contribution >= 0.6 is 11.6 Å². The van der Waals surface area contributed by atoms with Crippen LogP contribution in [0.1, 0.15) is 25.3 Å². The molecule has 6 nitrogen and oxygen atoms in total. The first-order valence-electron chi connectivity index (χ1n) is 10.2. The Morgan fingerprint density at radius 1 is 1.21 bits per heavy atom. The highest BCUT2D eigenvalue weighted by atomic mass is 35.5. The molecule has 0 aliphatic carbocycles. The first kappa shape index (κ1) is 19.8. The van der Waals surface area contributed by atoms with Crippen molar-refractivity contribution in [2.75, 3.05) is 37.7 Å². The second kappa shape index (κ2) is 8.91. The highest BCUT2D eigenvalue weighted by Gasteiger charge is 2.29. The lowest BCUT2D eigenvalue weighted by atomic mass is 9.95. The van der Waals surface area contributed by atoms with E-state index < -0.39 is 0 Å². The molecule has 4 rings (SSSR count). The number of carbonyl (C=O) groups is 1. The van der Waals surface area contributed by atoms with Crippen LogP contribution in [0.4, 0.5) is 5.82 Å². The number of halogens is 1. The minimum atomic E-state index is 0.0372. The van der Waals surface area contributed by atoms with E-state index in [2.05, 4.69) is 9.88 Å². The van der Waals surface area contributed by atoms with E-state index in [1.807, 2.05) is 42.2 Å². The number of pyridine rings is 1. The van der Waals surface area contributed by atoms with Gasteiger partial charge < -0.3 is 19.3 Å². The lowest BCUT2D eigenvalue weighted by Crippen LogP contribution is -2.42. The predicted molar refractivity (Wildman–Crippen MR) is 113 cm³/mol. The van der Waals surface area contributed by atoms with Crippen LogP contribution in [-0.2, 0) is 11.3 Å². The first-order chi connectivity index (χ1) is 14.2. The molecule has 1 aromatic carbocycles. The number of anilines is 1. The quantitative estimate of drug-likeness (QED) is 0.744. The maximum atomic E-state index is 13.2. The number of hydrogen-bond acceptors (Lipinski definition) is 5. The van der Waals surface area contributed by atoms with E-state index in [1.165, 1.54) is 0 Å². The Balaban J connectivity index is 1.39. The third-order valence-corrected chi connectivity index (χ3v) is 5.81. The summed E-state index contributed by atoms with van der Waals surface area (Å²) in [4.78, 5) is 21.7. The van der Waals surface area contributed by atoms with Gasteiger partial charge in [-0.1, -0.05) is 23.7 Å². The molecule has 2 aliphatic heterocycles. The largest absolute Gasteiger partial charge is 0.486 e. The van der Waals surface area contributed by atoms with Crippen LogP contribution in [0.5, 0.6) is 11.5 Å². The molecule has 0 N–H and O–H groups in total. The van der Waals surface area contributed by atoms with Gasteiger partial charge in [-0.25, -0.2) is 4.98 Å². The second-order valence-electron chi connectivity index (χ2n) is 7.39. The average Bonchev–Trinajstić information content (AvgIpc) is 2.78. The van der Waals surface area contributed by atoms with Gasteiger partial charge in [0, 0.05) is 43.9 Å². The summed E-state index contributed by atoms with van der Waals surface area (Å²) in [5.41, 5.74) is 1.00. The van der Waals surface area contributed by atoms with Crippen molar-refractivity contribution in [3.8, 4) is 11.5 Å². The predicted octanol–water partition coefficient (Wildman–Crippen LogP) is 3.77. The molecule has 0 saturated carbocycles. The number of nitrogens with zero attached hydrogens (tertiary/aromatic N) is 3. The van der Waals surface area contributed by atoms with Gasteiger partial charge in [-0.2, -0.15) is 0 Å². The summed E-state index contributed by atoms with van der Waals surface area (Å²) in [6, 6.07) is 9.67. The molecule has 0 spiro atoms. The zero-order chi connectivity index (χ0) is 20.2. The molecule has 2 aliphatic rings. The summed E-state index contributed by atoms with van der Waals surface area (Å²) in [5.74, 6) is 2.70. The van der Waals surface area contributed by atoms with Gasteiger partial charge in [-0.3, -0.25) is 4.79 Å². The Kier molecular flexibility index (Phi) is 6.09. The number of amides is 1. The molecule has 0 atom stereocenters. The van der Waals surface area contributed by atoms with Crippen LogP contribution < -0.4 is 14.4 Å². The summed E-state index contributed by atoms with van der Waals surface area (Å²) in [7, 11) is 0. The molecule has 1 aromatic heterocycles. The monoisotopic (exact) mass is 415 g/mol. The molecule has 0 bridgehead atoms. The Labute approximate surface area is 176 Å².